The maximum Gasteiger partial charge on any atom is 0.242 e. The fourth-order valence-corrected chi connectivity index (χ4v) is 2.82. The molecule has 1 heterocycles. The number of nitrogens with one attached hydrogen (secondary N) is 3. The molecular formula is C19H20N4O2. The number of amides is 1. The number of hydrazine groups is 1. The Kier molecular flexibility index (Phi) is 5.29. The van der Waals surface area contributed by atoms with Crippen LogP contribution in [0.15, 0.2) is 48.5 Å². The predicted molar refractivity (Wildman–Crippen MR) is 94.8 cm³/mol. The zero-order valence-corrected chi connectivity index (χ0v) is 14.0. The topological polar surface area (TPSA) is 86.2 Å². The Morgan fingerprint density at radius 1 is 1.24 bits per heavy atom. The fraction of sp³-hybridized carbons (Fsp3) is 0.263. The van der Waals surface area contributed by atoms with E-state index in [9.17, 15) is 4.79 Å². The lowest BCUT2D eigenvalue weighted by Gasteiger charge is -2.12. The Bertz CT molecular complexity index is 783. The van der Waals surface area contributed by atoms with Crippen LogP contribution in [-0.4, -0.2) is 18.6 Å². The van der Waals surface area contributed by atoms with E-state index in [0.29, 0.717) is 24.3 Å². The van der Waals surface area contributed by atoms with E-state index in [4.69, 9.17) is 10.00 Å². The minimum absolute atomic E-state index is 0.0395. The van der Waals surface area contributed by atoms with Crippen molar-refractivity contribution in [1.29, 1.82) is 5.26 Å². The molecule has 1 saturated heterocycles. The second-order valence-electron chi connectivity index (χ2n) is 5.78. The van der Waals surface area contributed by atoms with Gasteiger partial charge in [-0.3, -0.25) is 4.79 Å². The number of anilines is 1. The molecule has 3 N–H and O–H groups in total. The fourth-order valence-electron chi connectivity index (χ4n) is 2.82. The number of nitrogens with zero attached hydrogens (tertiary/aromatic N) is 1. The molecule has 0 radical (unpaired) electrons. The van der Waals surface area contributed by atoms with Gasteiger partial charge in [0.1, 0.15) is 17.9 Å². The largest absolute Gasteiger partial charge is 0.494 e. The molecule has 0 aromatic heterocycles. The van der Waals surface area contributed by atoms with Crippen LogP contribution in [0.5, 0.6) is 5.75 Å². The van der Waals surface area contributed by atoms with Crippen molar-refractivity contribution in [1.82, 2.24) is 10.9 Å². The standard InChI is InChI=1S/C19H20N4O2/c1-2-25-15-9-7-13(8-10-15)17-11-18(23-22-17)19(24)21-16-6-4-3-5-14(16)12-20/h3-10,17-18,22-23H,2,11H2,1H3,(H,21,24). The van der Waals surface area contributed by atoms with Crippen LogP contribution in [0.4, 0.5) is 5.69 Å². The first kappa shape index (κ1) is 17.0. The molecule has 0 bridgehead atoms. The minimum Gasteiger partial charge on any atom is -0.494 e. The van der Waals surface area contributed by atoms with Crippen molar-refractivity contribution in [2.24, 2.45) is 0 Å². The van der Waals surface area contributed by atoms with Gasteiger partial charge in [0.25, 0.3) is 0 Å². The average Bonchev–Trinajstić information content (AvgIpc) is 3.13. The average molecular weight is 336 g/mol. The molecule has 25 heavy (non-hydrogen) atoms. The zero-order chi connectivity index (χ0) is 17.6. The van der Waals surface area contributed by atoms with E-state index in [2.05, 4.69) is 22.2 Å². The number of carbonyl (C=O) groups excluding carboxylic acids is 1. The Morgan fingerprint density at radius 2 is 2.00 bits per heavy atom. The summed E-state index contributed by atoms with van der Waals surface area (Å²) < 4.78 is 5.44. The summed E-state index contributed by atoms with van der Waals surface area (Å²) in [6.45, 7) is 2.58. The summed E-state index contributed by atoms with van der Waals surface area (Å²) in [6, 6.07) is 16.6. The zero-order valence-electron chi connectivity index (χ0n) is 14.0. The molecule has 2 atom stereocenters. The van der Waals surface area contributed by atoms with Crippen LogP contribution in [0.3, 0.4) is 0 Å². The van der Waals surface area contributed by atoms with Crippen LogP contribution in [0.25, 0.3) is 0 Å². The Morgan fingerprint density at radius 3 is 2.72 bits per heavy atom. The number of hydrogen-bond acceptors (Lipinski definition) is 5. The summed E-state index contributed by atoms with van der Waals surface area (Å²) in [5.41, 5.74) is 8.24. The van der Waals surface area contributed by atoms with Crippen molar-refractivity contribution in [3.8, 4) is 11.8 Å². The van der Waals surface area contributed by atoms with Gasteiger partial charge in [0, 0.05) is 6.04 Å². The van der Waals surface area contributed by atoms with Crippen LogP contribution in [0, 0.1) is 11.3 Å². The van der Waals surface area contributed by atoms with E-state index in [0.717, 1.165) is 11.3 Å². The van der Waals surface area contributed by atoms with Crippen LogP contribution in [0.2, 0.25) is 0 Å². The molecule has 1 fully saturated rings. The highest BCUT2D eigenvalue weighted by atomic mass is 16.5. The SMILES string of the molecule is CCOc1ccc(C2CC(C(=O)Nc3ccccc3C#N)NN2)cc1. The Balaban J connectivity index is 1.62. The van der Waals surface area contributed by atoms with E-state index < -0.39 is 0 Å². The van der Waals surface area contributed by atoms with Gasteiger partial charge in [-0.25, -0.2) is 10.9 Å². The Hall–Kier alpha value is -2.88. The monoisotopic (exact) mass is 336 g/mol. The predicted octanol–water partition coefficient (Wildman–Crippen LogP) is 2.50. The van der Waals surface area contributed by atoms with Gasteiger partial charge in [0.15, 0.2) is 0 Å². The van der Waals surface area contributed by atoms with E-state index in [1.54, 1.807) is 24.3 Å². The van der Waals surface area contributed by atoms with Crippen molar-refractivity contribution in [3.63, 3.8) is 0 Å². The molecule has 0 spiro atoms. The van der Waals surface area contributed by atoms with Crippen LogP contribution in [0.1, 0.15) is 30.5 Å². The lowest BCUT2D eigenvalue weighted by molar-refractivity contribution is -0.117. The van der Waals surface area contributed by atoms with Crippen molar-refractivity contribution in [2.45, 2.75) is 25.4 Å². The third kappa shape index (κ3) is 3.97. The number of hydrogen-bond donors (Lipinski definition) is 3. The summed E-state index contributed by atoms with van der Waals surface area (Å²) >= 11 is 0. The van der Waals surface area contributed by atoms with E-state index in [1.807, 2.05) is 31.2 Å². The molecule has 3 rings (SSSR count). The normalized spacial score (nSPS) is 19.2. The first-order valence-corrected chi connectivity index (χ1v) is 8.25. The summed E-state index contributed by atoms with van der Waals surface area (Å²) in [5, 5.41) is 11.9. The molecule has 2 unspecified atom stereocenters. The van der Waals surface area contributed by atoms with Crippen LogP contribution in [-0.2, 0) is 4.79 Å². The second-order valence-corrected chi connectivity index (χ2v) is 5.78. The van der Waals surface area contributed by atoms with Crippen molar-refractivity contribution in [3.05, 3.63) is 59.7 Å². The molecule has 0 saturated carbocycles. The van der Waals surface area contributed by atoms with E-state index in [1.165, 1.54) is 0 Å². The molecular weight excluding hydrogens is 316 g/mol. The molecule has 0 aliphatic carbocycles. The lowest BCUT2D eigenvalue weighted by atomic mass is 10.0. The summed E-state index contributed by atoms with van der Waals surface area (Å²) in [4.78, 5) is 12.5. The highest BCUT2D eigenvalue weighted by Gasteiger charge is 2.30. The minimum atomic E-state index is -0.372. The van der Waals surface area contributed by atoms with E-state index >= 15 is 0 Å². The Labute approximate surface area is 146 Å². The van der Waals surface area contributed by atoms with Gasteiger partial charge < -0.3 is 10.1 Å². The molecule has 6 nitrogen and oxygen atoms in total. The third-order valence-corrected chi connectivity index (χ3v) is 4.12. The van der Waals surface area contributed by atoms with E-state index in [-0.39, 0.29) is 18.0 Å². The lowest BCUT2D eigenvalue weighted by Crippen LogP contribution is -2.39. The van der Waals surface area contributed by atoms with Crippen molar-refractivity contribution in [2.75, 3.05) is 11.9 Å². The molecule has 128 valence electrons. The molecule has 2 aromatic carbocycles. The van der Waals surface area contributed by atoms with Gasteiger partial charge in [-0.1, -0.05) is 24.3 Å². The van der Waals surface area contributed by atoms with Gasteiger partial charge in [-0.15, -0.1) is 0 Å². The van der Waals surface area contributed by atoms with Crippen LogP contribution < -0.4 is 20.9 Å². The number of para-hydroxylation sites is 1. The summed E-state index contributed by atoms with van der Waals surface area (Å²) in [6.07, 6.45) is 0.620. The third-order valence-electron chi connectivity index (χ3n) is 4.12. The number of ether oxygens (including phenoxy) is 1. The first-order chi connectivity index (χ1) is 12.2. The van der Waals surface area contributed by atoms with Gasteiger partial charge in [-0.2, -0.15) is 5.26 Å². The highest BCUT2D eigenvalue weighted by Crippen LogP contribution is 2.25. The molecule has 2 aromatic rings. The quantitative estimate of drug-likeness (QED) is 0.781. The molecule has 6 heteroatoms. The maximum atomic E-state index is 12.5. The molecule has 1 amide bonds. The summed E-state index contributed by atoms with van der Waals surface area (Å²) in [5.74, 6) is 0.670. The van der Waals surface area contributed by atoms with Crippen LogP contribution >= 0.6 is 0 Å². The number of carbonyl (C=O) groups is 1. The van der Waals surface area contributed by atoms with Gasteiger partial charge >= 0.3 is 0 Å². The highest BCUT2D eigenvalue weighted by molar-refractivity contribution is 5.96. The molecule has 1 aliphatic heterocycles. The van der Waals surface area contributed by atoms with Gasteiger partial charge in [0.2, 0.25) is 5.91 Å². The number of nitriles is 1. The number of rotatable bonds is 5. The number of benzene rings is 2. The maximum absolute atomic E-state index is 12.5. The van der Waals surface area contributed by atoms with Crippen molar-refractivity contribution < 1.29 is 9.53 Å². The second kappa shape index (κ2) is 7.79. The smallest absolute Gasteiger partial charge is 0.242 e. The molecule has 1 aliphatic rings. The van der Waals surface area contributed by atoms with Crippen molar-refractivity contribution >= 4 is 11.6 Å². The first-order valence-electron chi connectivity index (χ1n) is 8.25. The van der Waals surface area contributed by atoms with Gasteiger partial charge in [-0.05, 0) is 43.2 Å². The summed E-state index contributed by atoms with van der Waals surface area (Å²) in [7, 11) is 0. The van der Waals surface area contributed by atoms with Gasteiger partial charge in [0.05, 0.1) is 17.9 Å².